The zero-order valence-electron chi connectivity index (χ0n) is 11.0. The third-order valence-electron chi connectivity index (χ3n) is 2.72. The van der Waals surface area contributed by atoms with Crippen LogP contribution in [0.15, 0.2) is 33.6 Å². The van der Waals surface area contributed by atoms with Gasteiger partial charge in [-0.2, -0.15) is 0 Å². The van der Waals surface area contributed by atoms with Crippen molar-refractivity contribution in [2.45, 2.75) is 43.8 Å². The molecule has 1 aromatic carbocycles. The van der Waals surface area contributed by atoms with Crippen LogP contribution in [-0.4, -0.2) is 10.2 Å². The Hall–Kier alpha value is -1.29. The lowest BCUT2D eigenvalue weighted by atomic mass is 10.0. The van der Waals surface area contributed by atoms with Crippen LogP contribution in [0.1, 0.15) is 44.0 Å². The third-order valence-corrected chi connectivity index (χ3v) is 3.72. The van der Waals surface area contributed by atoms with Gasteiger partial charge in [0.25, 0.3) is 0 Å². The molecule has 0 N–H and O–H groups in total. The first kappa shape index (κ1) is 13.1. The molecule has 0 spiro atoms. The first-order valence-electron chi connectivity index (χ1n) is 6.23. The van der Waals surface area contributed by atoms with Gasteiger partial charge in [-0.1, -0.05) is 32.9 Å². The van der Waals surface area contributed by atoms with E-state index in [9.17, 15) is 0 Å². The molecule has 4 heteroatoms. The van der Waals surface area contributed by atoms with E-state index in [1.165, 1.54) is 10.5 Å². The van der Waals surface area contributed by atoms with E-state index < -0.39 is 0 Å². The van der Waals surface area contributed by atoms with Crippen LogP contribution in [0.2, 0.25) is 0 Å². The summed E-state index contributed by atoms with van der Waals surface area (Å²) < 4.78 is 5.47. The summed E-state index contributed by atoms with van der Waals surface area (Å²) in [6.45, 7) is 6.41. The highest BCUT2D eigenvalue weighted by Gasteiger charge is 2.05. The number of aromatic nitrogens is 2. The van der Waals surface area contributed by atoms with E-state index in [4.69, 9.17) is 4.42 Å². The molecular weight excluding hydrogens is 244 g/mol. The van der Waals surface area contributed by atoms with E-state index >= 15 is 0 Å². The lowest BCUT2D eigenvalue weighted by Crippen LogP contribution is -1.86. The molecule has 1 heterocycles. The van der Waals surface area contributed by atoms with Crippen molar-refractivity contribution in [2.75, 3.05) is 0 Å². The fourth-order valence-electron chi connectivity index (χ4n) is 1.58. The van der Waals surface area contributed by atoms with Crippen LogP contribution >= 0.6 is 11.8 Å². The van der Waals surface area contributed by atoms with E-state index in [1.807, 2.05) is 6.92 Å². The van der Waals surface area contributed by atoms with Crippen LogP contribution < -0.4 is 0 Å². The predicted molar refractivity (Wildman–Crippen MR) is 73.8 cm³/mol. The highest BCUT2D eigenvalue weighted by molar-refractivity contribution is 7.98. The first-order chi connectivity index (χ1) is 8.69. The topological polar surface area (TPSA) is 38.9 Å². The number of benzene rings is 1. The van der Waals surface area contributed by atoms with Crippen molar-refractivity contribution in [3.05, 3.63) is 41.6 Å². The van der Waals surface area contributed by atoms with Crippen LogP contribution in [0.25, 0.3) is 0 Å². The van der Waals surface area contributed by atoms with Crippen molar-refractivity contribution >= 4 is 11.8 Å². The van der Waals surface area contributed by atoms with Crippen LogP contribution in [0.4, 0.5) is 0 Å². The molecule has 2 aromatic rings. The number of aryl methyl sites for hydroxylation is 1. The minimum atomic E-state index is 0.576. The average Bonchev–Trinajstić information content (AvgIpc) is 2.85. The van der Waals surface area contributed by atoms with E-state index in [0.29, 0.717) is 17.7 Å². The Kier molecular flexibility index (Phi) is 4.42. The molecule has 0 amide bonds. The van der Waals surface area contributed by atoms with Gasteiger partial charge >= 0.3 is 0 Å². The molecule has 0 atom stereocenters. The highest BCUT2D eigenvalue weighted by Crippen LogP contribution is 2.24. The van der Waals surface area contributed by atoms with Gasteiger partial charge in [0.15, 0.2) is 0 Å². The molecule has 0 radical (unpaired) electrons. The lowest BCUT2D eigenvalue weighted by Gasteiger charge is -2.05. The fraction of sp³-hybridized carbons (Fsp3) is 0.429. The lowest BCUT2D eigenvalue weighted by molar-refractivity contribution is 0.470. The van der Waals surface area contributed by atoms with Gasteiger partial charge in [0.1, 0.15) is 0 Å². The Labute approximate surface area is 112 Å². The van der Waals surface area contributed by atoms with Gasteiger partial charge in [0.2, 0.25) is 11.8 Å². The second kappa shape index (κ2) is 6.05. The van der Waals surface area contributed by atoms with E-state index in [0.717, 1.165) is 12.2 Å². The molecule has 2 rings (SSSR count). The van der Waals surface area contributed by atoms with Crippen molar-refractivity contribution in [1.29, 1.82) is 0 Å². The molecule has 0 bridgehead atoms. The smallest absolute Gasteiger partial charge is 0.226 e. The summed E-state index contributed by atoms with van der Waals surface area (Å²) in [7, 11) is 0. The summed E-state index contributed by atoms with van der Waals surface area (Å²) >= 11 is 1.72. The van der Waals surface area contributed by atoms with Gasteiger partial charge in [0.05, 0.1) is 5.75 Å². The molecule has 0 aliphatic rings. The van der Waals surface area contributed by atoms with Crippen molar-refractivity contribution in [3.8, 4) is 0 Å². The highest BCUT2D eigenvalue weighted by atomic mass is 32.2. The standard InChI is InChI=1S/C14H18N2OS/c1-4-13-15-16-14(17-13)9-18-12-7-5-11(6-8-12)10(2)3/h5-8,10H,4,9H2,1-3H3. The minimum Gasteiger partial charge on any atom is -0.424 e. The zero-order valence-corrected chi connectivity index (χ0v) is 11.8. The van der Waals surface area contributed by atoms with Gasteiger partial charge < -0.3 is 4.42 Å². The van der Waals surface area contributed by atoms with Crippen LogP contribution in [0, 0.1) is 0 Å². The maximum absolute atomic E-state index is 5.47. The fourth-order valence-corrected chi connectivity index (χ4v) is 2.32. The second-order valence-electron chi connectivity index (χ2n) is 4.46. The third kappa shape index (κ3) is 3.35. The predicted octanol–water partition coefficient (Wildman–Crippen LogP) is 4.05. The molecule has 0 saturated carbocycles. The van der Waals surface area contributed by atoms with Gasteiger partial charge in [-0.05, 0) is 23.6 Å². The van der Waals surface area contributed by atoms with Crippen molar-refractivity contribution in [2.24, 2.45) is 0 Å². The van der Waals surface area contributed by atoms with E-state index in [2.05, 4.69) is 48.3 Å². The monoisotopic (exact) mass is 262 g/mol. The number of hydrogen-bond donors (Lipinski definition) is 0. The summed E-state index contributed by atoms with van der Waals surface area (Å²) in [5, 5.41) is 7.96. The first-order valence-corrected chi connectivity index (χ1v) is 7.21. The van der Waals surface area contributed by atoms with Gasteiger partial charge in [-0.3, -0.25) is 0 Å². The molecule has 0 unspecified atom stereocenters. The van der Waals surface area contributed by atoms with Crippen molar-refractivity contribution < 1.29 is 4.42 Å². The molecule has 3 nitrogen and oxygen atoms in total. The van der Waals surface area contributed by atoms with Crippen LogP contribution in [-0.2, 0) is 12.2 Å². The quantitative estimate of drug-likeness (QED) is 0.762. The molecule has 18 heavy (non-hydrogen) atoms. The largest absolute Gasteiger partial charge is 0.424 e. The van der Waals surface area contributed by atoms with Gasteiger partial charge in [-0.15, -0.1) is 22.0 Å². The molecule has 0 saturated heterocycles. The second-order valence-corrected chi connectivity index (χ2v) is 5.50. The summed E-state index contributed by atoms with van der Waals surface area (Å²) in [5.41, 5.74) is 1.37. The summed E-state index contributed by atoms with van der Waals surface area (Å²) in [6, 6.07) is 8.66. The normalized spacial score (nSPS) is 11.1. The summed E-state index contributed by atoms with van der Waals surface area (Å²) in [6.07, 6.45) is 0.792. The Morgan fingerprint density at radius 2 is 1.78 bits per heavy atom. The molecule has 0 fully saturated rings. The van der Waals surface area contributed by atoms with Crippen LogP contribution in [0.5, 0.6) is 0 Å². The van der Waals surface area contributed by atoms with Crippen LogP contribution in [0.3, 0.4) is 0 Å². The Morgan fingerprint density at radius 1 is 1.11 bits per heavy atom. The SMILES string of the molecule is CCc1nnc(CSc2ccc(C(C)C)cc2)o1. The van der Waals surface area contributed by atoms with Crippen molar-refractivity contribution in [3.63, 3.8) is 0 Å². The number of rotatable bonds is 5. The maximum Gasteiger partial charge on any atom is 0.226 e. The van der Waals surface area contributed by atoms with Gasteiger partial charge in [0, 0.05) is 11.3 Å². The molecule has 1 aromatic heterocycles. The van der Waals surface area contributed by atoms with Gasteiger partial charge in [-0.25, -0.2) is 0 Å². The minimum absolute atomic E-state index is 0.576. The summed E-state index contributed by atoms with van der Waals surface area (Å²) in [5.74, 6) is 2.71. The number of hydrogen-bond acceptors (Lipinski definition) is 4. The average molecular weight is 262 g/mol. The van der Waals surface area contributed by atoms with E-state index in [-0.39, 0.29) is 0 Å². The molecule has 0 aliphatic carbocycles. The molecule has 96 valence electrons. The molecular formula is C14H18N2OS. The molecule has 0 aliphatic heterocycles. The van der Waals surface area contributed by atoms with Crippen molar-refractivity contribution in [1.82, 2.24) is 10.2 Å². The van der Waals surface area contributed by atoms with E-state index in [1.54, 1.807) is 11.8 Å². The Bertz CT molecular complexity index is 491. The Morgan fingerprint density at radius 3 is 2.33 bits per heavy atom. The number of nitrogens with zero attached hydrogens (tertiary/aromatic N) is 2. The Balaban J connectivity index is 1.93. The maximum atomic E-state index is 5.47. The summed E-state index contributed by atoms with van der Waals surface area (Å²) in [4.78, 5) is 1.23. The zero-order chi connectivity index (χ0) is 13.0. The number of thioether (sulfide) groups is 1.